The number of methoxy groups -OCH3 is 1. The van der Waals surface area contributed by atoms with Crippen molar-refractivity contribution in [2.45, 2.75) is 26.4 Å². The van der Waals surface area contributed by atoms with Crippen LogP contribution in [0.2, 0.25) is 0 Å². The molecule has 0 atom stereocenters. The van der Waals surface area contributed by atoms with Crippen LogP contribution in [0, 0.1) is 11.3 Å². The Hall–Kier alpha value is -2.16. The zero-order chi connectivity index (χ0) is 14.4. The molecule has 0 saturated carbocycles. The van der Waals surface area contributed by atoms with Gasteiger partial charge in [0.05, 0.1) is 19.1 Å². The lowest BCUT2D eigenvalue weighted by molar-refractivity contribution is -0.139. The molecule has 0 radical (unpaired) electrons. The van der Waals surface area contributed by atoms with Crippen LogP contribution in [0.5, 0.6) is 5.75 Å². The van der Waals surface area contributed by atoms with Gasteiger partial charge >= 0.3 is 12.6 Å². The molecule has 0 heterocycles. The van der Waals surface area contributed by atoms with E-state index in [9.17, 15) is 13.6 Å². The second-order valence-corrected chi connectivity index (χ2v) is 3.68. The third kappa shape index (κ3) is 3.65. The van der Waals surface area contributed by atoms with Crippen LogP contribution < -0.4 is 4.74 Å². The Balaban J connectivity index is 3.28. The Morgan fingerprint density at radius 1 is 1.42 bits per heavy atom. The molecule has 0 spiro atoms. The lowest BCUT2D eigenvalue weighted by atomic mass is 9.99. The van der Waals surface area contributed by atoms with Gasteiger partial charge in [-0.05, 0) is 17.5 Å². The second kappa shape index (κ2) is 6.69. The molecule has 0 fully saturated rings. The van der Waals surface area contributed by atoms with Gasteiger partial charge in [0.25, 0.3) is 0 Å². The van der Waals surface area contributed by atoms with Crippen LogP contribution in [0.25, 0.3) is 0 Å². The molecule has 0 unspecified atom stereocenters. The highest BCUT2D eigenvalue weighted by atomic mass is 19.3. The van der Waals surface area contributed by atoms with Gasteiger partial charge in [0, 0.05) is 0 Å². The van der Waals surface area contributed by atoms with E-state index < -0.39 is 12.6 Å². The van der Waals surface area contributed by atoms with E-state index >= 15 is 0 Å². The summed E-state index contributed by atoms with van der Waals surface area (Å²) in [4.78, 5) is 11.2. The van der Waals surface area contributed by atoms with Crippen LogP contribution in [0.15, 0.2) is 12.1 Å². The first-order valence-electron chi connectivity index (χ1n) is 5.59. The predicted octanol–water partition coefficient (Wildman–Crippen LogP) is 2.44. The molecule has 4 nitrogen and oxygen atoms in total. The van der Waals surface area contributed by atoms with Gasteiger partial charge in [-0.25, -0.2) is 0 Å². The predicted molar refractivity (Wildman–Crippen MR) is 62.9 cm³/mol. The van der Waals surface area contributed by atoms with Crippen LogP contribution in [0.1, 0.15) is 23.6 Å². The summed E-state index contributed by atoms with van der Waals surface area (Å²) in [6.07, 6.45) is 0.276. The van der Waals surface area contributed by atoms with E-state index in [2.05, 4.69) is 9.47 Å². The number of halogens is 2. The molecule has 102 valence electrons. The van der Waals surface area contributed by atoms with Gasteiger partial charge in [0.2, 0.25) is 0 Å². The summed E-state index contributed by atoms with van der Waals surface area (Å²) in [5.41, 5.74) is 0.748. The minimum absolute atomic E-state index is 0.0509. The minimum Gasteiger partial charge on any atom is -0.469 e. The molecule has 1 rings (SSSR count). The average Bonchev–Trinajstić information content (AvgIpc) is 2.38. The number of nitrogens with zero attached hydrogens (tertiary/aromatic N) is 1. The first kappa shape index (κ1) is 14.9. The number of alkyl halides is 2. The maximum Gasteiger partial charge on any atom is 0.387 e. The maximum absolute atomic E-state index is 12.4. The molecule has 0 amide bonds. The highest BCUT2D eigenvalue weighted by Crippen LogP contribution is 2.29. The molecule has 0 saturated heterocycles. The summed E-state index contributed by atoms with van der Waals surface area (Å²) in [7, 11) is 1.21. The maximum atomic E-state index is 12.4. The average molecular weight is 269 g/mol. The number of hydrogen-bond acceptors (Lipinski definition) is 4. The molecule has 0 aliphatic carbocycles. The molecule has 6 heteroatoms. The number of aryl methyl sites for hydroxylation is 1. The van der Waals surface area contributed by atoms with E-state index in [4.69, 9.17) is 5.26 Å². The minimum atomic E-state index is -3.02. The van der Waals surface area contributed by atoms with E-state index in [1.165, 1.54) is 7.11 Å². The van der Waals surface area contributed by atoms with Gasteiger partial charge in [-0.3, -0.25) is 4.79 Å². The molecule has 0 N–H and O–H groups in total. The van der Waals surface area contributed by atoms with Crippen LogP contribution >= 0.6 is 0 Å². The van der Waals surface area contributed by atoms with Crippen molar-refractivity contribution in [3.8, 4) is 11.8 Å². The Kier molecular flexibility index (Phi) is 5.24. The third-order valence-corrected chi connectivity index (χ3v) is 2.59. The number of carbonyl (C=O) groups is 1. The molecule has 19 heavy (non-hydrogen) atoms. The zero-order valence-corrected chi connectivity index (χ0v) is 10.6. The van der Waals surface area contributed by atoms with E-state index in [-0.39, 0.29) is 17.7 Å². The van der Waals surface area contributed by atoms with E-state index in [1.54, 1.807) is 19.1 Å². The standard InChI is InChI=1S/C13H13F2NO3/c1-3-8-4-5-9(6-11(17)18-2)10(7-16)12(8)19-13(14)15/h4-5,13H,3,6H2,1-2H3. The molecule has 0 aromatic heterocycles. The molecule has 0 bridgehead atoms. The fourth-order valence-corrected chi connectivity index (χ4v) is 1.67. The van der Waals surface area contributed by atoms with Crippen molar-refractivity contribution in [2.24, 2.45) is 0 Å². The number of hydrogen-bond donors (Lipinski definition) is 0. The van der Waals surface area contributed by atoms with Crippen molar-refractivity contribution >= 4 is 5.97 Å². The lowest BCUT2D eigenvalue weighted by Gasteiger charge is -2.14. The fraction of sp³-hybridized carbons (Fsp3) is 0.385. The number of nitriles is 1. The molecule has 1 aromatic carbocycles. The van der Waals surface area contributed by atoms with Gasteiger partial charge in [0.1, 0.15) is 11.8 Å². The summed E-state index contributed by atoms with van der Waals surface area (Å²) in [5.74, 6) is -0.717. The van der Waals surface area contributed by atoms with Gasteiger partial charge < -0.3 is 9.47 Å². The molecular formula is C13H13F2NO3. The normalized spacial score (nSPS) is 10.1. The van der Waals surface area contributed by atoms with Gasteiger partial charge in [-0.2, -0.15) is 14.0 Å². The van der Waals surface area contributed by atoms with Crippen LogP contribution in [-0.2, 0) is 22.4 Å². The van der Waals surface area contributed by atoms with E-state index in [0.29, 0.717) is 17.5 Å². The summed E-state index contributed by atoms with van der Waals surface area (Å²) in [5, 5.41) is 9.09. The summed E-state index contributed by atoms with van der Waals surface area (Å²) >= 11 is 0. The van der Waals surface area contributed by atoms with Crippen molar-refractivity contribution in [1.29, 1.82) is 5.26 Å². The van der Waals surface area contributed by atoms with Crippen molar-refractivity contribution < 1.29 is 23.0 Å². The van der Waals surface area contributed by atoms with Crippen molar-refractivity contribution in [3.05, 3.63) is 28.8 Å². The Bertz CT molecular complexity index is 509. The summed E-state index contributed by atoms with van der Waals surface area (Å²) < 4.78 is 33.7. The smallest absolute Gasteiger partial charge is 0.387 e. The van der Waals surface area contributed by atoms with Crippen LogP contribution in [0.3, 0.4) is 0 Å². The van der Waals surface area contributed by atoms with Crippen molar-refractivity contribution in [3.63, 3.8) is 0 Å². The first-order chi connectivity index (χ1) is 9.03. The molecular weight excluding hydrogens is 256 g/mol. The number of ether oxygens (including phenoxy) is 2. The SMILES string of the molecule is CCc1ccc(CC(=O)OC)c(C#N)c1OC(F)F. The highest BCUT2D eigenvalue weighted by Gasteiger charge is 2.19. The Labute approximate surface area is 109 Å². The third-order valence-electron chi connectivity index (χ3n) is 2.59. The zero-order valence-electron chi connectivity index (χ0n) is 10.6. The molecule has 0 aliphatic heterocycles. The van der Waals surface area contributed by atoms with Gasteiger partial charge in [-0.15, -0.1) is 0 Å². The monoisotopic (exact) mass is 269 g/mol. The highest BCUT2D eigenvalue weighted by molar-refractivity contribution is 5.74. The van der Waals surface area contributed by atoms with Crippen LogP contribution in [-0.4, -0.2) is 19.7 Å². The summed E-state index contributed by atoms with van der Waals surface area (Å²) in [6.45, 7) is -1.26. The topological polar surface area (TPSA) is 59.3 Å². The quantitative estimate of drug-likeness (QED) is 0.770. The van der Waals surface area contributed by atoms with Crippen molar-refractivity contribution in [2.75, 3.05) is 7.11 Å². The Morgan fingerprint density at radius 2 is 2.05 bits per heavy atom. The number of benzene rings is 1. The fourth-order valence-electron chi connectivity index (χ4n) is 1.67. The van der Waals surface area contributed by atoms with Crippen molar-refractivity contribution in [1.82, 2.24) is 0 Å². The summed E-state index contributed by atoms with van der Waals surface area (Å²) in [6, 6.07) is 4.92. The van der Waals surface area contributed by atoms with Gasteiger partial charge in [0.15, 0.2) is 0 Å². The van der Waals surface area contributed by atoms with Gasteiger partial charge in [-0.1, -0.05) is 19.1 Å². The lowest BCUT2D eigenvalue weighted by Crippen LogP contribution is -2.10. The van der Waals surface area contributed by atoms with Crippen LogP contribution in [0.4, 0.5) is 8.78 Å². The Morgan fingerprint density at radius 3 is 2.53 bits per heavy atom. The number of carbonyl (C=O) groups excluding carboxylic acids is 1. The first-order valence-corrected chi connectivity index (χ1v) is 5.59. The molecule has 1 aromatic rings. The molecule has 0 aliphatic rings. The second-order valence-electron chi connectivity index (χ2n) is 3.68. The number of rotatable bonds is 5. The van der Waals surface area contributed by atoms with E-state index in [0.717, 1.165) is 0 Å². The number of esters is 1. The van der Waals surface area contributed by atoms with E-state index in [1.807, 2.05) is 6.07 Å². The largest absolute Gasteiger partial charge is 0.469 e.